The summed E-state index contributed by atoms with van der Waals surface area (Å²) >= 11 is 0. The molecule has 0 aliphatic heterocycles. The predicted octanol–water partition coefficient (Wildman–Crippen LogP) is 4.01. The van der Waals surface area contributed by atoms with Crippen molar-refractivity contribution in [2.75, 3.05) is 0 Å². The van der Waals surface area contributed by atoms with Crippen molar-refractivity contribution in [3.63, 3.8) is 0 Å². The normalized spacial score (nSPS) is 17.5. The molecule has 1 heterocycles. The number of rotatable bonds is 3. The number of carbonyl (C=O) groups is 1. The number of benzene rings is 1. The molecule has 0 radical (unpaired) electrons. The van der Waals surface area contributed by atoms with E-state index in [0.29, 0.717) is 5.88 Å². The average Bonchev–Trinajstić information content (AvgIpc) is 2.86. The Labute approximate surface area is 130 Å². The fourth-order valence-electron chi connectivity index (χ4n) is 2.83. The van der Waals surface area contributed by atoms with Crippen molar-refractivity contribution >= 4 is 5.91 Å². The third kappa shape index (κ3) is 2.82. The van der Waals surface area contributed by atoms with Gasteiger partial charge in [-0.05, 0) is 37.8 Å². The first kappa shape index (κ1) is 14.6. The quantitative estimate of drug-likeness (QED) is 0.804. The average molecular weight is 296 g/mol. The van der Waals surface area contributed by atoms with Crippen LogP contribution in [0.4, 0.5) is 0 Å². The minimum absolute atomic E-state index is 0.0333. The molecule has 0 fully saturated rings. The van der Waals surface area contributed by atoms with Crippen molar-refractivity contribution < 1.29 is 9.53 Å². The van der Waals surface area contributed by atoms with Gasteiger partial charge >= 0.3 is 0 Å². The number of hydrogen-bond acceptors (Lipinski definition) is 3. The molecule has 22 heavy (non-hydrogen) atoms. The van der Waals surface area contributed by atoms with Gasteiger partial charge in [-0.3, -0.25) is 4.79 Å². The van der Waals surface area contributed by atoms with Crippen molar-refractivity contribution in [1.29, 1.82) is 0 Å². The zero-order chi connectivity index (χ0) is 15.5. The smallest absolute Gasteiger partial charge is 0.244 e. The molecule has 0 bridgehead atoms. The maximum atomic E-state index is 11.8. The molecule has 3 rings (SSSR count). The topological polar surface area (TPSA) is 44.1 Å². The zero-order valence-corrected chi connectivity index (χ0v) is 13.0. The van der Waals surface area contributed by atoms with Crippen molar-refractivity contribution in [2.24, 2.45) is 0 Å². The highest BCUT2D eigenvalue weighted by molar-refractivity contribution is 5.81. The van der Waals surface area contributed by atoms with E-state index in [0.717, 1.165) is 36.1 Å². The van der Waals surface area contributed by atoms with Crippen LogP contribution in [0, 0.1) is 6.92 Å². The van der Waals surface area contributed by atoms with E-state index in [1.165, 1.54) is 11.6 Å². The molecule has 2 aromatic rings. The molecule has 0 N–H and O–H groups in total. The van der Waals surface area contributed by atoms with Crippen LogP contribution in [0.3, 0.4) is 0 Å². The Hall–Kier alpha value is -2.36. The second-order valence-electron chi connectivity index (χ2n) is 5.58. The largest absolute Gasteiger partial charge is 0.469 e. The highest BCUT2D eigenvalue weighted by atomic mass is 16.5. The molecule has 0 amide bonds. The lowest BCUT2D eigenvalue weighted by Crippen LogP contribution is -2.16. The Morgan fingerprint density at radius 3 is 2.73 bits per heavy atom. The Morgan fingerprint density at radius 1 is 1.32 bits per heavy atom. The van der Waals surface area contributed by atoms with Gasteiger partial charge in [0.05, 0.1) is 11.3 Å². The van der Waals surface area contributed by atoms with Gasteiger partial charge in [0.2, 0.25) is 11.8 Å². The van der Waals surface area contributed by atoms with Crippen LogP contribution in [0.15, 0.2) is 42.5 Å². The van der Waals surface area contributed by atoms with Crippen molar-refractivity contribution in [3.05, 3.63) is 48.2 Å². The van der Waals surface area contributed by atoms with E-state index < -0.39 is 0 Å². The third-order valence-corrected chi connectivity index (χ3v) is 3.92. The summed E-state index contributed by atoms with van der Waals surface area (Å²) in [7, 11) is 0. The summed E-state index contributed by atoms with van der Waals surface area (Å²) in [5.74, 6) is 0.430. The van der Waals surface area contributed by atoms with Gasteiger partial charge in [0.1, 0.15) is 6.10 Å². The zero-order valence-electron chi connectivity index (χ0n) is 13.0. The molecule has 1 aromatic carbocycles. The van der Waals surface area contributed by atoms with Gasteiger partial charge in [0.15, 0.2) is 0 Å². The fourth-order valence-corrected chi connectivity index (χ4v) is 2.83. The number of aromatic nitrogens is 2. The van der Waals surface area contributed by atoms with Crippen molar-refractivity contribution in [2.45, 2.75) is 39.2 Å². The van der Waals surface area contributed by atoms with Gasteiger partial charge in [-0.1, -0.05) is 36.4 Å². The molecule has 1 aliphatic carbocycles. The maximum absolute atomic E-state index is 11.8. The fraction of sp³-hybridized carbons (Fsp3) is 0.333. The van der Waals surface area contributed by atoms with Gasteiger partial charge in [-0.2, -0.15) is 0 Å². The van der Waals surface area contributed by atoms with Gasteiger partial charge in [0.25, 0.3) is 0 Å². The molecule has 4 nitrogen and oxygen atoms in total. The molecule has 1 aromatic heterocycles. The number of allylic oxidation sites excluding steroid dienone is 1. The molecule has 1 unspecified atom stereocenters. The first-order valence-electron chi connectivity index (χ1n) is 7.66. The van der Waals surface area contributed by atoms with E-state index in [2.05, 4.69) is 17.3 Å². The molecule has 0 saturated heterocycles. The van der Waals surface area contributed by atoms with Crippen LogP contribution in [0.5, 0.6) is 5.88 Å². The monoisotopic (exact) mass is 296 g/mol. The molecule has 0 saturated carbocycles. The Kier molecular flexibility index (Phi) is 4.09. The van der Waals surface area contributed by atoms with Crippen LogP contribution in [-0.4, -0.2) is 21.8 Å². The van der Waals surface area contributed by atoms with Gasteiger partial charge in [-0.25, -0.2) is 4.68 Å². The SMILES string of the molecule is CC(=O)n1nc(OC2C=CCCC2)c(-c2ccccc2)c1C. The molecule has 1 atom stereocenters. The van der Waals surface area contributed by atoms with E-state index in [1.807, 2.05) is 37.3 Å². The standard InChI is InChI=1S/C18H20N2O2/c1-13-17(15-9-5-3-6-10-15)18(19-20(13)14(2)21)22-16-11-7-4-8-12-16/h3,5-7,9-11,16H,4,8,12H2,1-2H3. The van der Waals surface area contributed by atoms with Crippen LogP contribution in [-0.2, 0) is 0 Å². The Balaban J connectivity index is 2.04. The van der Waals surface area contributed by atoms with E-state index in [1.54, 1.807) is 0 Å². The molecular weight excluding hydrogens is 276 g/mol. The Bertz CT molecular complexity index is 701. The number of nitrogens with zero attached hydrogens (tertiary/aromatic N) is 2. The summed E-state index contributed by atoms with van der Waals surface area (Å²) in [6.45, 7) is 3.42. The van der Waals surface area contributed by atoms with Gasteiger partial charge in [-0.15, -0.1) is 5.10 Å². The first-order valence-corrected chi connectivity index (χ1v) is 7.66. The minimum Gasteiger partial charge on any atom is -0.469 e. The van der Waals surface area contributed by atoms with Crippen LogP contribution in [0.2, 0.25) is 0 Å². The summed E-state index contributed by atoms with van der Waals surface area (Å²) in [4.78, 5) is 11.8. The second-order valence-corrected chi connectivity index (χ2v) is 5.58. The minimum atomic E-state index is -0.108. The highest BCUT2D eigenvalue weighted by Gasteiger charge is 2.22. The molecule has 4 heteroatoms. The van der Waals surface area contributed by atoms with Crippen LogP contribution in [0.1, 0.15) is 36.7 Å². The van der Waals surface area contributed by atoms with E-state index in [9.17, 15) is 4.79 Å². The predicted molar refractivity (Wildman–Crippen MR) is 86.1 cm³/mol. The molecule has 0 spiro atoms. The summed E-state index contributed by atoms with van der Waals surface area (Å²) in [6.07, 6.45) is 7.47. The number of ether oxygens (including phenoxy) is 1. The lowest BCUT2D eigenvalue weighted by atomic mass is 10.0. The third-order valence-electron chi connectivity index (χ3n) is 3.92. The highest BCUT2D eigenvalue weighted by Crippen LogP contribution is 2.34. The molecular formula is C18H20N2O2. The van der Waals surface area contributed by atoms with E-state index >= 15 is 0 Å². The number of carbonyl (C=O) groups excluding carboxylic acids is 1. The second kappa shape index (κ2) is 6.18. The van der Waals surface area contributed by atoms with Crippen LogP contribution >= 0.6 is 0 Å². The van der Waals surface area contributed by atoms with Crippen LogP contribution < -0.4 is 4.74 Å². The molecule has 114 valence electrons. The van der Waals surface area contributed by atoms with E-state index in [4.69, 9.17) is 4.74 Å². The maximum Gasteiger partial charge on any atom is 0.244 e. The van der Waals surface area contributed by atoms with Crippen molar-refractivity contribution in [3.8, 4) is 17.0 Å². The Morgan fingerprint density at radius 2 is 2.09 bits per heavy atom. The summed E-state index contributed by atoms with van der Waals surface area (Å²) in [6, 6.07) is 9.95. The summed E-state index contributed by atoms with van der Waals surface area (Å²) in [5, 5.41) is 4.39. The number of hydrogen-bond donors (Lipinski definition) is 0. The first-order chi connectivity index (χ1) is 10.7. The lowest BCUT2D eigenvalue weighted by Gasteiger charge is -2.17. The van der Waals surface area contributed by atoms with Gasteiger partial charge < -0.3 is 4.74 Å². The summed E-state index contributed by atoms with van der Waals surface area (Å²) < 4.78 is 7.50. The van der Waals surface area contributed by atoms with Crippen molar-refractivity contribution in [1.82, 2.24) is 9.78 Å². The lowest BCUT2D eigenvalue weighted by molar-refractivity contribution is 0.0915. The van der Waals surface area contributed by atoms with E-state index in [-0.39, 0.29) is 12.0 Å². The molecule has 1 aliphatic rings. The van der Waals surface area contributed by atoms with Crippen LogP contribution in [0.25, 0.3) is 11.1 Å². The van der Waals surface area contributed by atoms with Gasteiger partial charge in [0, 0.05) is 6.92 Å². The summed E-state index contributed by atoms with van der Waals surface area (Å²) in [5.41, 5.74) is 2.73.